The first-order chi connectivity index (χ1) is 11.7. The summed E-state index contributed by atoms with van der Waals surface area (Å²) in [6.07, 6.45) is 1.69. The summed E-state index contributed by atoms with van der Waals surface area (Å²) in [6, 6.07) is 9.54. The number of anilines is 2. The van der Waals surface area contributed by atoms with Crippen LogP contribution in [0.2, 0.25) is 0 Å². The molecule has 0 saturated heterocycles. The Hall–Kier alpha value is -2.48. The molecule has 0 aliphatic heterocycles. The van der Waals surface area contributed by atoms with Gasteiger partial charge in [-0.2, -0.15) is 0 Å². The highest BCUT2D eigenvalue weighted by Crippen LogP contribution is 2.22. The molecule has 1 amide bonds. The van der Waals surface area contributed by atoms with Crippen LogP contribution in [-0.2, 0) is 21.2 Å². The molecular formula is C17H18F2N2O3S. The third kappa shape index (κ3) is 4.99. The second kappa shape index (κ2) is 7.60. The van der Waals surface area contributed by atoms with Crippen LogP contribution in [0.3, 0.4) is 0 Å². The molecule has 5 nitrogen and oxygen atoms in total. The lowest BCUT2D eigenvalue weighted by molar-refractivity contribution is -0.114. The maximum absolute atomic E-state index is 13.9. The van der Waals surface area contributed by atoms with Gasteiger partial charge >= 0.3 is 0 Å². The van der Waals surface area contributed by atoms with Gasteiger partial charge in [-0.3, -0.25) is 9.10 Å². The molecule has 134 valence electrons. The van der Waals surface area contributed by atoms with Crippen molar-refractivity contribution in [3.05, 3.63) is 59.7 Å². The SMILES string of the molecule is CCc1ccc(NC(=O)CN(c2ccc(F)cc2F)S(C)(=O)=O)cc1. The first-order valence-corrected chi connectivity index (χ1v) is 9.37. The zero-order valence-electron chi connectivity index (χ0n) is 13.8. The normalized spacial score (nSPS) is 11.2. The van der Waals surface area contributed by atoms with Crippen LogP contribution in [0.4, 0.5) is 20.2 Å². The maximum atomic E-state index is 13.9. The fourth-order valence-corrected chi connectivity index (χ4v) is 3.08. The molecule has 0 atom stereocenters. The molecule has 0 aliphatic carbocycles. The van der Waals surface area contributed by atoms with Crippen molar-refractivity contribution in [3.63, 3.8) is 0 Å². The Morgan fingerprint density at radius 3 is 2.28 bits per heavy atom. The van der Waals surface area contributed by atoms with E-state index in [-0.39, 0.29) is 5.69 Å². The summed E-state index contributed by atoms with van der Waals surface area (Å²) in [5.74, 6) is -2.54. The Morgan fingerprint density at radius 2 is 1.76 bits per heavy atom. The van der Waals surface area contributed by atoms with Gasteiger partial charge in [0.2, 0.25) is 15.9 Å². The van der Waals surface area contributed by atoms with Gasteiger partial charge in [0.25, 0.3) is 0 Å². The van der Waals surface area contributed by atoms with Crippen LogP contribution in [0, 0.1) is 11.6 Å². The molecule has 8 heteroatoms. The largest absolute Gasteiger partial charge is 0.325 e. The Labute approximate surface area is 145 Å². The second-order valence-corrected chi connectivity index (χ2v) is 7.37. The van der Waals surface area contributed by atoms with Gasteiger partial charge in [0, 0.05) is 11.8 Å². The molecule has 0 saturated carbocycles. The lowest BCUT2D eigenvalue weighted by Crippen LogP contribution is -2.38. The Bertz CT molecular complexity index is 868. The smallest absolute Gasteiger partial charge is 0.245 e. The van der Waals surface area contributed by atoms with E-state index in [2.05, 4.69) is 5.32 Å². The summed E-state index contributed by atoms with van der Waals surface area (Å²) in [5, 5.41) is 2.55. The van der Waals surface area contributed by atoms with Crippen molar-refractivity contribution in [3.8, 4) is 0 Å². The number of halogens is 2. The zero-order valence-corrected chi connectivity index (χ0v) is 14.6. The van der Waals surface area contributed by atoms with Crippen LogP contribution in [0.15, 0.2) is 42.5 Å². The lowest BCUT2D eigenvalue weighted by Gasteiger charge is -2.22. The molecule has 2 aromatic rings. The van der Waals surface area contributed by atoms with Gasteiger partial charge in [0.1, 0.15) is 18.2 Å². The molecule has 1 N–H and O–H groups in total. The molecule has 2 rings (SSSR count). The number of amides is 1. The Morgan fingerprint density at radius 1 is 1.12 bits per heavy atom. The van der Waals surface area contributed by atoms with Crippen LogP contribution in [-0.4, -0.2) is 27.1 Å². The third-order valence-corrected chi connectivity index (χ3v) is 4.64. The van der Waals surface area contributed by atoms with E-state index in [9.17, 15) is 22.0 Å². The molecule has 2 aromatic carbocycles. The van der Waals surface area contributed by atoms with E-state index >= 15 is 0 Å². The van der Waals surface area contributed by atoms with E-state index in [4.69, 9.17) is 0 Å². The molecule has 0 radical (unpaired) electrons. The fraction of sp³-hybridized carbons (Fsp3) is 0.235. The van der Waals surface area contributed by atoms with Gasteiger partial charge in [-0.1, -0.05) is 19.1 Å². The number of nitrogens with zero attached hydrogens (tertiary/aromatic N) is 1. The number of hydrogen-bond acceptors (Lipinski definition) is 3. The van der Waals surface area contributed by atoms with E-state index in [0.29, 0.717) is 16.1 Å². The summed E-state index contributed by atoms with van der Waals surface area (Å²) in [7, 11) is -3.94. The number of carbonyl (C=O) groups excluding carboxylic acids is 1. The van der Waals surface area contributed by atoms with Crippen molar-refractivity contribution in [1.82, 2.24) is 0 Å². The molecule has 0 fully saturated rings. The highest BCUT2D eigenvalue weighted by molar-refractivity contribution is 7.92. The van der Waals surface area contributed by atoms with E-state index < -0.39 is 34.1 Å². The van der Waals surface area contributed by atoms with Crippen LogP contribution in [0.5, 0.6) is 0 Å². The van der Waals surface area contributed by atoms with Gasteiger partial charge in [-0.05, 0) is 36.2 Å². The van der Waals surface area contributed by atoms with Gasteiger partial charge in [0.05, 0.1) is 11.9 Å². The number of nitrogens with one attached hydrogen (secondary N) is 1. The van der Waals surface area contributed by atoms with Crippen molar-refractivity contribution in [2.24, 2.45) is 0 Å². The van der Waals surface area contributed by atoms with Crippen LogP contribution < -0.4 is 9.62 Å². The van der Waals surface area contributed by atoms with Crippen LogP contribution in [0.25, 0.3) is 0 Å². The summed E-state index contributed by atoms with van der Waals surface area (Å²) < 4.78 is 51.4. The minimum absolute atomic E-state index is 0.389. The van der Waals surface area contributed by atoms with Gasteiger partial charge < -0.3 is 5.32 Å². The maximum Gasteiger partial charge on any atom is 0.245 e. The minimum atomic E-state index is -3.94. The first kappa shape index (κ1) is 18.9. The van der Waals surface area contributed by atoms with Crippen molar-refractivity contribution in [2.45, 2.75) is 13.3 Å². The van der Waals surface area contributed by atoms with Crippen LogP contribution in [0.1, 0.15) is 12.5 Å². The summed E-state index contributed by atoms with van der Waals surface area (Å²) >= 11 is 0. The molecule has 0 heterocycles. The topological polar surface area (TPSA) is 66.5 Å². The van der Waals surface area contributed by atoms with Crippen molar-refractivity contribution in [1.29, 1.82) is 0 Å². The van der Waals surface area contributed by atoms with Crippen LogP contribution >= 0.6 is 0 Å². The summed E-state index contributed by atoms with van der Waals surface area (Å²) in [5.41, 5.74) is 1.19. The summed E-state index contributed by atoms with van der Waals surface area (Å²) in [4.78, 5) is 12.2. The molecule has 0 aliphatic rings. The van der Waals surface area contributed by atoms with Crippen molar-refractivity contribution in [2.75, 3.05) is 22.4 Å². The fourth-order valence-electron chi connectivity index (χ4n) is 2.22. The molecule has 0 spiro atoms. The average molecular weight is 368 g/mol. The molecule has 0 unspecified atom stereocenters. The van der Waals surface area contributed by atoms with Crippen molar-refractivity contribution >= 4 is 27.3 Å². The van der Waals surface area contributed by atoms with E-state index in [1.807, 2.05) is 19.1 Å². The van der Waals surface area contributed by atoms with Crippen molar-refractivity contribution < 1.29 is 22.0 Å². The predicted octanol–water partition coefficient (Wildman–Crippen LogP) is 2.93. The number of sulfonamides is 1. The number of benzene rings is 2. The number of aryl methyl sites for hydroxylation is 1. The lowest BCUT2D eigenvalue weighted by atomic mass is 10.1. The van der Waals surface area contributed by atoms with Gasteiger partial charge in [-0.15, -0.1) is 0 Å². The Kier molecular flexibility index (Phi) is 5.73. The monoisotopic (exact) mass is 368 g/mol. The standard InChI is InChI=1S/C17H18F2N2O3S/c1-3-12-4-7-14(8-5-12)20-17(22)11-21(25(2,23)24)16-9-6-13(18)10-15(16)19/h4-10H,3,11H2,1-2H3,(H,20,22). The molecule has 25 heavy (non-hydrogen) atoms. The third-order valence-electron chi connectivity index (χ3n) is 3.51. The highest BCUT2D eigenvalue weighted by atomic mass is 32.2. The quantitative estimate of drug-likeness (QED) is 0.853. The zero-order chi connectivity index (χ0) is 18.6. The average Bonchev–Trinajstić information content (AvgIpc) is 2.53. The summed E-state index contributed by atoms with van der Waals surface area (Å²) in [6.45, 7) is 1.37. The molecule has 0 aromatic heterocycles. The number of rotatable bonds is 6. The second-order valence-electron chi connectivity index (χ2n) is 5.46. The Balaban J connectivity index is 2.20. The first-order valence-electron chi connectivity index (χ1n) is 7.52. The van der Waals surface area contributed by atoms with Gasteiger partial charge in [0.15, 0.2) is 0 Å². The molecular weight excluding hydrogens is 350 g/mol. The van der Waals surface area contributed by atoms with E-state index in [1.165, 1.54) is 0 Å². The van der Waals surface area contributed by atoms with E-state index in [0.717, 1.165) is 30.4 Å². The minimum Gasteiger partial charge on any atom is -0.325 e. The number of hydrogen-bond donors (Lipinski definition) is 1. The molecule has 0 bridgehead atoms. The van der Waals surface area contributed by atoms with E-state index in [1.54, 1.807) is 12.1 Å². The van der Waals surface area contributed by atoms with Gasteiger partial charge in [-0.25, -0.2) is 17.2 Å². The highest BCUT2D eigenvalue weighted by Gasteiger charge is 2.24. The predicted molar refractivity (Wildman–Crippen MR) is 93.0 cm³/mol. The number of carbonyl (C=O) groups is 1.